The highest BCUT2D eigenvalue weighted by atomic mass is 16.2. The molecule has 1 fully saturated rings. The first-order chi connectivity index (χ1) is 13.7. The molecule has 1 aliphatic heterocycles. The lowest BCUT2D eigenvalue weighted by atomic mass is 9.98. The van der Waals surface area contributed by atoms with Crippen molar-refractivity contribution in [3.63, 3.8) is 0 Å². The number of para-hydroxylation sites is 1. The molecule has 1 aliphatic rings. The van der Waals surface area contributed by atoms with Crippen molar-refractivity contribution in [2.45, 2.75) is 19.4 Å². The molecule has 4 rings (SSSR count). The van der Waals surface area contributed by atoms with Gasteiger partial charge in [-0.05, 0) is 37.0 Å². The molecule has 1 unspecified atom stereocenters. The lowest BCUT2D eigenvalue weighted by molar-refractivity contribution is -0.121. The summed E-state index contributed by atoms with van der Waals surface area (Å²) in [6, 6.07) is 10.7. The van der Waals surface area contributed by atoms with E-state index < -0.39 is 0 Å². The van der Waals surface area contributed by atoms with E-state index in [1.807, 2.05) is 28.8 Å². The largest absolute Gasteiger partial charge is 0.354 e. The van der Waals surface area contributed by atoms with Gasteiger partial charge in [0, 0.05) is 49.7 Å². The smallest absolute Gasteiger partial charge is 0.239 e. The molecule has 3 heterocycles. The molecule has 1 saturated heterocycles. The van der Waals surface area contributed by atoms with E-state index >= 15 is 0 Å². The minimum Gasteiger partial charge on any atom is -0.354 e. The van der Waals surface area contributed by atoms with Gasteiger partial charge in [0.05, 0.1) is 5.52 Å². The molecule has 7 heteroatoms. The zero-order valence-corrected chi connectivity index (χ0v) is 15.6. The third-order valence-corrected chi connectivity index (χ3v) is 5.14. The second kappa shape index (κ2) is 8.21. The van der Waals surface area contributed by atoms with Crippen LogP contribution in [0.2, 0.25) is 0 Å². The zero-order valence-electron chi connectivity index (χ0n) is 15.6. The van der Waals surface area contributed by atoms with Crippen LogP contribution in [0.4, 0.5) is 5.95 Å². The highest BCUT2D eigenvalue weighted by Crippen LogP contribution is 2.19. The van der Waals surface area contributed by atoms with E-state index in [9.17, 15) is 9.59 Å². The molecule has 1 N–H and O–H groups in total. The van der Waals surface area contributed by atoms with Crippen molar-refractivity contribution in [2.75, 3.05) is 24.5 Å². The molecule has 7 nitrogen and oxygen atoms in total. The lowest BCUT2D eigenvalue weighted by Crippen LogP contribution is -2.42. The Balaban J connectivity index is 1.36. The summed E-state index contributed by atoms with van der Waals surface area (Å²) in [4.78, 5) is 35.3. The van der Waals surface area contributed by atoms with E-state index in [0.29, 0.717) is 17.8 Å². The Morgan fingerprint density at radius 1 is 1.14 bits per heavy atom. The summed E-state index contributed by atoms with van der Waals surface area (Å²) in [5, 5.41) is 3.68. The number of amides is 1. The van der Waals surface area contributed by atoms with Crippen LogP contribution < -0.4 is 15.6 Å². The van der Waals surface area contributed by atoms with Gasteiger partial charge >= 0.3 is 0 Å². The first-order valence-electron chi connectivity index (χ1n) is 9.57. The molecule has 144 valence electrons. The monoisotopic (exact) mass is 377 g/mol. The number of fused-ring (bicyclic) bond motifs is 1. The number of carbonyl (C=O) groups excluding carboxylic acids is 1. The van der Waals surface area contributed by atoms with Crippen LogP contribution in [0.5, 0.6) is 0 Å². The molecule has 2 aromatic heterocycles. The molecule has 0 saturated carbocycles. The van der Waals surface area contributed by atoms with Crippen molar-refractivity contribution in [2.24, 2.45) is 5.92 Å². The van der Waals surface area contributed by atoms with E-state index in [4.69, 9.17) is 0 Å². The van der Waals surface area contributed by atoms with Gasteiger partial charge in [-0.15, -0.1) is 0 Å². The number of nitrogens with zero attached hydrogens (tertiary/aromatic N) is 4. The maximum absolute atomic E-state index is 12.5. The predicted octanol–water partition coefficient (Wildman–Crippen LogP) is 1.82. The summed E-state index contributed by atoms with van der Waals surface area (Å²) >= 11 is 0. The molecular weight excluding hydrogens is 354 g/mol. The number of pyridine rings is 1. The van der Waals surface area contributed by atoms with Gasteiger partial charge in [-0.1, -0.05) is 12.1 Å². The van der Waals surface area contributed by atoms with Gasteiger partial charge < -0.3 is 14.8 Å². The molecule has 0 spiro atoms. The van der Waals surface area contributed by atoms with E-state index in [-0.39, 0.29) is 17.9 Å². The van der Waals surface area contributed by atoms with Crippen LogP contribution in [-0.2, 0) is 11.3 Å². The molecule has 3 aromatic rings. The van der Waals surface area contributed by atoms with Crippen molar-refractivity contribution < 1.29 is 4.79 Å². The van der Waals surface area contributed by atoms with Gasteiger partial charge in [0.2, 0.25) is 11.9 Å². The van der Waals surface area contributed by atoms with Crippen molar-refractivity contribution in [3.8, 4) is 0 Å². The maximum atomic E-state index is 12.5. The predicted molar refractivity (Wildman–Crippen MR) is 108 cm³/mol. The number of nitrogens with one attached hydrogen (secondary N) is 1. The fraction of sp³-hybridized carbons (Fsp3) is 0.333. The van der Waals surface area contributed by atoms with Crippen molar-refractivity contribution in [1.29, 1.82) is 0 Å². The van der Waals surface area contributed by atoms with Crippen LogP contribution in [-0.4, -0.2) is 40.1 Å². The first kappa shape index (κ1) is 18.2. The van der Waals surface area contributed by atoms with Crippen LogP contribution in [0, 0.1) is 5.92 Å². The normalized spacial score (nSPS) is 16.9. The summed E-state index contributed by atoms with van der Waals surface area (Å²) in [5.74, 6) is 1.06. The summed E-state index contributed by atoms with van der Waals surface area (Å²) in [5.41, 5.74) is 0.743. The lowest BCUT2D eigenvalue weighted by Gasteiger charge is -2.32. The van der Waals surface area contributed by atoms with Gasteiger partial charge in [-0.25, -0.2) is 9.97 Å². The second-order valence-corrected chi connectivity index (χ2v) is 7.13. The number of piperidine rings is 1. The highest BCUT2D eigenvalue weighted by Gasteiger charge is 2.22. The number of aromatic nitrogens is 3. The fourth-order valence-electron chi connectivity index (χ4n) is 3.73. The molecule has 1 aromatic carbocycles. The van der Waals surface area contributed by atoms with E-state index in [1.54, 1.807) is 24.7 Å². The molecular formula is C21H23N5O2. The second-order valence-electron chi connectivity index (χ2n) is 7.13. The Kier molecular flexibility index (Phi) is 5.32. The third-order valence-electron chi connectivity index (χ3n) is 5.14. The van der Waals surface area contributed by atoms with E-state index in [1.165, 1.54) is 6.07 Å². The van der Waals surface area contributed by atoms with E-state index in [2.05, 4.69) is 20.2 Å². The van der Waals surface area contributed by atoms with Gasteiger partial charge in [-0.3, -0.25) is 9.59 Å². The first-order valence-corrected chi connectivity index (χ1v) is 9.57. The fourth-order valence-corrected chi connectivity index (χ4v) is 3.73. The Bertz CT molecular complexity index is 1020. The topological polar surface area (TPSA) is 80.1 Å². The van der Waals surface area contributed by atoms with Crippen molar-refractivity contribution in [3.05, 3.63) is 65.2 Å². The molecule has 0 aliphatic carbocycles. The SMILES string of the molecule is O=C(Cn1ccc(=O)c2ccccc21)NCC1CCCN(c2ncccn2)C1. The summed E-state index contributed by atoms with van der Waals surface area (Å²) < 4.78 is 1.82. The van der Waals surface area contributed by atoms with Crippen LogP contribution in [0.25, 0.3) is 10.9 Å². The van der Waals surface area contributed by atoms with Crippen LogP contribution in [0.15, 0.2) is 59.8 Å². The molecule has 28 heavy (non-hydrogen) atoms. The number of hydrogen-bond acceptors (Lipinski definition) is 5. The number of benzene rings is 1. The summed E-state index contributed by atoms with van der Waals surface area (Å²) in [6.07, 6.45) is 7.32. The minimum atomic E-state index is -0.0538. The van der Waals surface area contributed by atoms with Gasteiger partial charge in [0.25, 0.3) is 0 Å². The van der Waals surface area contributed by atoms with Gasteiger partial charge in [0.15, 0.2) is 5.43 Å². The quantitative estimate of drug-likeness (QED) is 0.734. The number of rotatable bonds is 5. The standard InChI is InChI=1S/C21H23N5O2/c27-19-8-12-25(18-7-2-1-6-17(18)19)15-20(28)24-13-16-5-3-11-26(14-16)21-22-9-4-10-23-21/h1-2,4,6-10,12,16H,3,5,11,13-15H2,(H,24,28). The summed E-state index contributed by atoms with van der Waals surface area (Å²) in [7, 11) is 0. The molecule has 1 atom stereocenters. The molecule has 0 bridgehead atoms. The van der Waals surface area contributed by atoms with Gasteiger partial charge in [-0.2, -0.15) is 0 Å². The number of carbonyl (C=O) groups is 1. The number of anilines is 1. The Labute approximate surface area is 163 Å². The number of hydrogen-bond donors (Lipinski definition) is 1. The molecule has 0 radical (unpaired) electrons. The van der Waals surface area contributed by atoms with Crippen LogP contribution >= 0.6 is 0 Å². The maximum Gasteiger partial charge on any atom is 0.239 e. The van der Waals surface area contributed by atoms with Crippen LogP contribution in [0.1, 0.15) is 12.8 Å². The average molecular weight is 377 g/mol. The third kappa shape index (κ3) is 4.03. The van der Waals surface area contributed by atoms with Crippen molar-refractivity contribution in [1.82, 2.24) is 19.9 Å². The molecule has 1 amide bonds. The zero-order chi connectivity index (χ0) is 19.3. The van der Waals surface area contributed by atoms with E-state index in [0.717, 1.165) is 37.4 Å². The Morgan fingerprint density at radius 2 is 1.96 bits per heavy atom. The van der Waals surface area contributed by atoms with Crippen molar-refractivity contribution >= 4 is 22.8 Å². The average Bonchev–Trinajstić information content (AvgIpc) is 2.75. The summed E-state index contributed by atoms with van der Waals surface area (Å²) in [6.45, 7) is 2.60. The minimum absolute atomic E-state index is 0.0299. The van der Waals surface area contributed by atoms with Gasteiger partial charge in [0.1, 0.15) is 6.54 Å². The Hall–Kier alpha value is -3.22. The highest BCUT2D eigenvalue weighted by molar-refractivity contribution is 5.82. The Morgan fingerprint density at radius 3 is 2.82 bits per heavy atom. The van der Waals surface area contributed by atoms with Crippen LogP contribution in [0.3, 0.4) is 0 Å².